The molecule has 1 saturated heterocycles. The molecule has 1 unspecified atom stereocenters. The molecule has 1 aromatic carbocycles. The van der Waals surface area contributed by atoms with Crippen molar-refractivity contribution in [2.75, 3.05) is 26.7 Å². The number of carbonyl (C=O) groups excluding carboxylic acids is 1. The van der Waals surface area contributed by atoms with Gasteiger partial charge in [-0.3, -0.25) is 9.69 Å². The molecule has 2 heterocycles. The van der Waals surface area contributed by atoms with Gasteiger partial charge in [-0.1, -0.05) is 30.3 Å². The number of likely N-dealkylation sites (tertiary alicyclic amines) is 1. The van der Waals surface area contributed by atoms with Gasteiger partial charge < -0.3 is 10.0 Å². The Bertz CT molecular complexity index is 683. The summed E-state index contributed by atoms with van der Waals surface area (Å²) in [4.78, 5) is 21.7. The van der Waals surface area contributed by atoms with Crippen molar-refractivity contribution in [3.05, 3.63) is 52.0 Å². The van der Waals surface area contributed by atoms with Crippen LogP contribution in [0.3, 0.4) is 0 Å². The average molecular weight is 359 g/mol. The predicted molar refractivity (Wildman–Crippen MR) is 99.6 cm³/mol. The zero-order valence-corrected chi connectivity index (χ0v) is 15.4. The first-order valence-electron chi connectivity index (χ1n) is 8.79. The number of aliphatic hydroxyl groups excluding tert-OH is 1. The molecule has 0 aliphatic carbocycles. The highest BCUT2D eigenvalue weighted by molar-refractivity contribution is 7.13. The minimum atomic E-state index is -0.552. The number of thiazole rings is 1. The van der Waals surface area contributed by atoms with E-state index in [4.69, 9.17) is 0 Å². The van der Waals surface area contributed by atoms with E-state index in [1.54, 1.807) is 18.1 Å². The lowest BCUT2D eigenvalue weighted by Gasteiger charge is -2.18. The molecule has 1 atom stereocenters. The van der Waals surface area contributed by atoms with Crippen LogP contribution in [-0.4, -0.2) is 52.5 Å². The molecule has 0 bridgehead atoms. The zero-order valence-electron chi connectivity index (χ0n) is 14.6. The van der Waals surface area contributed by atoms with E-state index < -0.39 is 6.10 Å². The Kier molecular flexibility index (Phi) is 6.18. The standard InChI is InChI=1S/C19H25N3O2S/c1-21(12-9-16(23)15-7-3-2-4-8-15)19(24)17-13-20-18(25-17)14-22-10-5-6-11-22/h2-4,7-8,13,16,23H,5-6,9-12,14H2,1H3. The molecule has 0 saturated carbocycles. The summed E-state index contributed by atoms with van der Waals surface area (Å²) < 4.78 is 0. The molecule has 1 aromatic heterocycles. The summed E-state index contributed by atoms with van der Waals surface area (Å²) in [5.41, 5.74) is 0.883. The van der Waals surface area contributed by atoms with Gasteiger partial charge >= 0.3 is 0 Å². The van der Waals surface area contributed by atoms with Crippen LogP contribution in [0, 0.1) is 0 Å². The van der Waals surface area contributed by atoms with Gasteiger partial charge in [0.05, 0.1) is 18.8 Å². The Balaban J connectivity index is 1.51. The van der Waals surface area contributed by atoms with Crippen LogP contribution in [0.4, 0.5) is 0 Å². The average Bonchev–Trinajstić information content (AvgIpc) is 3.32. The number of nitrogens with zero attached hydrogens (tertiary/aromatic N) is 3. The molecular weight excluding hydrogens is 334 g/mol. The molecule has 1 fully saturated rings. The highest BCUT2D eigenvalue weighted by atomic mass is 32.1. The van der Waals surface area contributed by atoms with Crippen LogP contribution in [0.2, 0.25) is 0 Å². The lowest BCUT2D eigenvalue weighted by Crippen LogP contribution is -2.28. The molecule has 0 spiro atoms. The van der Waals surface area contributed by atoms with E-state index in [9.17, 15) is 9.90 Å². The van der Waals surface area contributed by atoms with Crippen molar-refractivity contribution in [2.24, 2.45) is 0 Å². The Morgan fingerprint density at radius 2 is 2.04 bits per heavy atom. The van der Waals surface area contributed by atoms with E-state index in [1.165, 1.54) is 24.2 Å². The fourth-order valence-electron chi connectivity index (χ4n) is 3.06. The molecule has 1 aliphatic rings. The Hall–Kier alpha value is -1.76. The van der Waals surface area contributed by atoms with Gasteiger partial charge in [0.1, 0.15) is 9.88 Å². The van der Waals surface area contributed by atoms with Gasteiger partial charge in [-0.2, -0.15) is 0 Å². The number of hydrogen-bond acceptors (Lipinski definition) is 5. The SMILES string of the molecule is CN(CCC(O)c1ccccc1)C(=O)c1cnc(CN2CCCC2)s1. The number of aromatic nitrogens is 1. The second kappa shape index (κ2) is 8.56. The van der Waals surface area contributed by atoms with Crippen LogP contribution in [-0.2, 0) is 6.54 Å². The summed E-state index contributed by atoms with van der Waals surface area (Å²) in [6, 6.07) is 9.55. The van der Waals surface area contributed by atoms with Crippen LogP contribution in [0.5, 0.6) is 0 Å². The molecule has 25 heavy (non-hydrogen) atoms. The van der Waals surface area contributed by atoms with E-state index >= 15 is 0 Å². The third kappa shape index (κ3) is 4.87. The first kappa shape index (κ1) is 18.0. The second-order valence-corrected chi connectivity index (χ2v) is 7.66. The molecular formula is C19H25N3O2S. The summed E-state index contributed by atoms with van der Waals surface area (Å²) in [6.45, 7) is 3.60. The summed E-state index contributed by atoms with van der Waals surface area (Å²) in [5, 5.41) is 11.2. The summed E-state index contributed by atoms with van der Waals surface area (Å²) in [5.74, 6) is -0.0227. The molecule has 3 rings (SSSR count). The van der Waals surface area contributed by atoms with Gasteiger partial charge in [0.15, 0.2) is 0 Å². The van der Waals surface area contributed by atoms with Crippen molar-refractivity contribution in [3.63, 3.8) is 0 Å². The van der Waals surface area contributed by atoms with Gasteiger partial charge in [0.25, 0.3) is 5.91 Å². The van der Waals surface area contributed by atoms with Gasteiger partial charge in [-0.05, 0) is 37.9 Å². The quantitative estimate of drug-likeness (QED) is 0.826. The van der Waals surface area contributed by atoms with Gasteiger partial charge in [0, 0.05) is 13.6 Å². The fourth-order valence-corrected chi connectivity index (χ4v) is 4.02. The van der Waals surface area contributed by atoms with Crippen molar-refractivity contribution in [2.45, 2.75) is 31.9 Å². The van der Waals surface area contributed by atoms with E-state index in [2.05, 4.69) is 9.88 Å². The van der Waals surface area contributed by atoms with Crippen LogP contribution in [0.1, 0.15) is 45.6 Å². The van der Waals surface area contributed by atoms with Crippen LogP contribution < -0.4 is 0 Å². The summed E-state index contributed by atoms with van der Waals surface area (Å²) >= 11 is 1.48. The molecule has 1 N–H and O–H groups in total. The molecule has 6 heteroatoms. The van der Waals surface area contributed by atoms with E-state index in [0.717, 1.165) is 30.2 Å². The number of hydrogen-bond donors (Lipinski definition) is 1. The van der Waals surface area contributed by atoms with Crippen molar-refractivity contribution in [1.82, 2.24) is 14.8 Å². The normalized spacial score (nSPS) is 16.1. The summed E-state index contributed by atoms with van der Waals surface area (Å²) in [7, 11) is 1.78. The van der Waals surface area contributed by atoms with Crippen LogP contribution in [0.15, 0.2) is 36.5 Å². The van der Waals surface area contributed by atoms with Crippen molar-refractivity contribution in [3.8, 4) is 0 Å². The molecule has 0 radical (unpaired) electrons. The highest BCUT2D eigenvalue weighted by Crippen LogP contribution is 2.20. The van der Waals surface area contributed by atoms with E-state index in [-0.39, 0.29) is 5.91 Å². The number of benzene rings is 1. The molecule has 1 amide bonds. The maximum absolute atomic E-state index is 12.5. The van der Waals surface area contributed by atoms with Gasteiger partial charge in [0.2, 0.25) is 0 Å². The van der Waals surface area contributed by atoms with Gasteiger partial charge in [-0.25, -0.2) is 4.98 Å². The molecule has 2 aromatic rings. The Morgan fingerprint density at radius 1 is 1.32 bits per heavy atom. The summed E-state index contributed by atoms with van der Waals surface area (Å²) in [6.07, 6.45) is 4.16. The number of rotatable bonds is 7. The smallest absolute Gasteiger partial charge is 0.265 e. The number of amides is 1. The minimum Gasteiger partial charge on any atom is -0.388 e. The Morgan fingerprint density at radius 3 is 2.76 bits per heavy atom. The van der Waals surface area contributed by atoms with Crippen LogP contribution in [0.25, 0.3) is 0 Å². The van der Waals surface area contributed by atoms with Crippen molar-refractivity contribution >= 4 is 17.2 Å². The molecule has 1 aliphatic heterocycles. The topological polar surface area (TPSA) is 56.7 Å². The first-order valence-corrected chi connectivity index (χ1v) is 9.60. The largest absolute Gasteiger partial charge is 0.388 e. The van der Waals surface area contributed by atoms with Crippen molar-refractivity contribution < 1.29 is 9.90 Å². The maximum atomic E-state index is 12.5. The number of aliphatic hydroxyl groups is 1. The first-order chi connectivity index (χ1) is 12.1. The van der Waals surface area contributed by atoms with Gasteiger partial charge in [-0.15, -0.1) is 11.3 Å². The second-order valence-electron chi connectivity index (χ2n) is 6.54. The van der Waals surface area contributed by atoms with Crippen molar-refractivity contribution in [1.29, 1.82) is 0 Å². The van der Waals surface area contributed by atoms with E-state index in [1.807, 2.05) is 30.3 Å². The molecule has 134 valence electrons. The Labute approximate surface area is 152 Å². The maximum Gasteiger partial charge on any atom is 0.265 e. The fraction of sp³-hybridized carbons (Fsp3) is 0.474. The monoisotopic (exact) mass is 359 g/mol. The lowest BCUT2D eigenvalue weighted by molar-refractivity contribution is 0.0765. The predicted octanol–water partition coefficient (Wildman–Crippen LogP) is 2.93. The highest BCUT2D eigenvalue weighted by Gasteiger charge is 2.19. The third-order valence-corrected chi connectivity index (χ3v) is 5.56. The zero-order chi connectivity index (χ0) is 17.6. The molecule has 5 nitrogen and oxygen atoms in total. The minimum absolute atomic E-state index is 0.0227. The van der Waals surface area contributed by atoms with E-state index in [0.29, 0.717) is 17.8 Å². The third-order valence-electron chi connectivity index (χ3n) is 4.59. The number of carbonyl (C=O) groups is 1. The lowest BCUT2D eigenvalue weighted by atomic mass is 10.1. The van der Waals surface area contributed by atoms with Crippen LogP contribution >= 0.6 is 11.3 Å².